The van der Waals surface area contributed by atoms with Gasteiger partial charge in [-0.1, -0.05) is 116 Å². The predicted octanol–water partition coefficient (Wildman–Crippen LogP) is 5.34. The molecule has 0 aliphatic rings. The van der Waals surface area contributed by atoms with Crippen LogP contribution in [0.4, 0.5) is 0 Å². The number of hydrogen-bond donors (Lipinski definition) is 3. The third-order valence-electron chi connectivity index (χ3n) is 8.58. The molecule has 49 heavy (non-hydrogen) atoms. The number of hydrogen-bond acceptors (Lipinski definition) is 5. The van der Waals surface area contributed by atoms with Crippen LogP contribution in [0.3, 0.4) is 0 Å². The molecule has 0 saturated heterocycles. The zero-order valence-corrected chi connectivity index (χ0v) is 28.3. The number of imidazole rings is 1. The van der Waals surface area contributed by atoms with Crippen LogP contribution in [0.5, 0.6) is 0 Å². The first-order valence-corrected chi connectivity index (χ1v) is 18.2. The van der Waals surface area contributed by atoms with E-state index in [1.807, 2.05) is 67.1 Å². The van der Waals surface area contributed by atoms with E-state index in [2.05, 4.69) is 56.6 Å². The molecule has 1 aromatic heterocycles. The molecule has 0 aliphatic heterocycles. The maximum Gasteiger partial charge on any atom is 0.238 e. The number of carbonyl (C=O) groups is 2. The van der Waals surface area contributed by atoms with Crippen LogP contribution in [-0.2, 0) is 38.0 Å². The minimum absolute atomic E-state index is 0.00953. The van der Waals surface area contributed by atoms with Crippen molar-refractivity contribution in [1.82, 2.24) is 20.2 Å². The number of sulfonamides is 1. The smallest absolute Gasteiger partial charge is 0.238 e. The number of nitrogens with two attached hydrogens (primary N) is 1. The van der Waals surface area contributed by atoms with Crippen LogP contribution in [0.25, 0.3) is 0 Å². The SMILES string of the molecule is NS(=O)(=O)c1ccc(CCNC(=O)CCCCCCNC(=O)Cc2cn(C(c3ccccc3)(c3ccccc3)c3ccccc3)cn2)cc1. The topological polar surface area (TPSA) is 136 Å². The Labute approximate surface area is 288 Å². The van der Waals surface area contributed by atoms with Crippen LogP contribution in [0.15, 0.2) is 133 Å². The largest absolute Gasteiger partial charge is 0.356 e. The van der Waals surface area contributed by atoms with Gasteiger partial charge in [-0.2, -0.15) is 0 Å². The second kappa shape index (κ2) is 16.9. The Morgan fingerprint density at radius 2 is 1.20 bits per heavy atom. The molecule has 0 atom stereocenters. The van der Waals surface area contributed by atoms with Crippen molar-refractivity contribution in [3.05, 3.63) is 156 Å². The molecule has 5 aromatic rings. The maximum atomic E-state index is 12.9. The number of benzene rings is 4. The molecule has 0 saturated carbocycles. The Hall–Kier alpha value is -5.06. The summed E-state index contributed by atoms with van der Waals surface area (Å²) < 4.78 is 24.9. The highest BCUT2D eigenvalue weighted by Gasteiger charge is 2.38. The maximum absolute atomic E-state index is 12.9. The van der Waals surface area contributed by atoms with Crippen molar-refractivity contribution >= 4 is 21.8 Å². The highest BCUT2D eigenvalue weighted by molar-refractivity contribution is 7.89. The highest BCUT2D eigenvalue weighted by atomic mass is 32.2. The molecule has 1 heterocycles. The molecule has 0 unspecified atom stereocenters. The summed E-state index contributed by atoms with van der Waals surface area (Å²) in [6.45, 7) is 1.04. The van der Waals surface area contributed by atoms with E-state index in [1.165, 1.54) is 12.1 Å². The molecule has 0 aliphatic carbocycles. The summed E-state index contributed by atoms with van der Waals surface area (Å²) in [7, 11) is -3.71. The number of nitrogens with zero attached hydrogens (tertiary/aromatic N) is 2. The van der Waals surface area contributed by atoms with Crippen LogP contribution < -0.4 is 15.8 Å². The highest BCUT2D eigenvalue weighted by Crippen LogP contribution is 2.40. The number of primary sulfonamides is 1. The molecule has 10 heteroatoms. The van der Waals surface area contributed by atoms with Gasteiger partial charge in [0.05, 0.1) is 23.3 Å². The number of rotatable bonds is 17. The van der Waals surface area contributed by atoms with Crippen molar-refractivity contribution in [2.24, 2.45) is 5.14 Å². The Balaban J connectivity index is 1.07. The fourth-order valence-electron chi connectivity index (χ4n) is 6.12. The summed E-state index contributed by atoms with van der Waals surface area (Å²) in [5.41, 5.74) is 4.21. The van der Waals surface area contributed by atoms with E-state index < -0.39 is 15.6 Å². The molecule has 9 nitrogen and oxygen atoms in total. The molecule has 254 valence electrons. The van der Waals surface area contributed by atoms with Gasteiger partial charge < -0.3 is 15.2 Å². The lowest BCUT2D eigenvalue weighted by molar-refractivity contribution is -0.121. The van der Waals surface area contributed by atoms with Crippen LogP contribution in [0.1, 0.15) is 60.1 Å². The third-order valence-corrected chi connectivity index (χ3v) is 9.51. The fourth-order valence-corrected chi connectivity index (χ4v) is 6.64. The standard InChI is InChI=1S/C39H43N5O4S/c40-49(47,48)36-23-21-31(22-24-36)25-27-42-37(45)20-12-1-2-13-26-41-38(46)28-35-29-44(30-43-35)39(32-14-6-3-7-15-32,33-16-8-4-9-17-33)34-18-10-5-11-19-34/h3-11,14-19,21-24,29-30H,1-2,12-13,20,25-28H2,(H,41,46)(H,42,45)(H2,40,47,48). The van der Waals surface area contributed by atoms with Gasteiger partial charge in [0.2, 0.25) is 21.8 Å². The fraction of sp³-hybridized carbons (Fsp3) is 0.256. The lowest BCUT2D eigenvalue weighted by atomic mass is 9.77. The average molecular weight is 678 g/mol. The number of unbranched alkanes of at least 4 members (excludes halogenated alkanes) is 3. The van der Waals surface area contributed by atoms with Gasteiger partial charge in [-0.05, 0) is 53.6 Å². The van der Waals surface area contributed by atoms with Gasteiger partial charge in [-0.25, -0.2) is 18.5 Å². The summed E-state index contributed by atoms with van der Waals surface area (Å²) in [6.07, 6.45) is 8.41. The van der Waals surface area contributed by atoms with Gasteiger partial charge in [-0.15, -0.1) is 0 Å². The predicted molar refractivity (Wildman–Crippen MR) is 191 cm³/mol. The molecule has 2 amide bonds. The first kappa shape index (κ1) is 35.3. The Bertz CT molecular complexity index is 1800. The molecule has 0 bridgehead atoms. The van der Waals surface area contributed by atoms with E-state index in [4.69, 9.17) is 5.14 Å². The van der Waals surface area contributed by atoms with E-state index in [-0.39, 0.29) is 23.1 Å². The molecule has 4 N–H and O–H groups in total. The van der Waals surface area contributed by atoms with Crippen LogP contribution in [0.2, 0.25) is 0 Å². The molecular weight excluding hydrogens is 635 g/mol. The third kappa shape index (κ3) is 9.31. The van der Waals surface area contributed by atoms with Crippen molar-refractivity contribution in [2.45, 2.75) is 55.4 Å². The van der Waals surface area contributed by atoms with Crippen LogP contribution in [-0.4, -0.2) is 42.9 Å². The van der Waals surface area contributed by atoms with E-state index in [1.54, 1.807) is 12.1 Å². The summed E-state index contributed by atoms with van der Waals surface area (Å²) >= 11 is 0. The van der Waals surface area contributed by atoms with E-state index in [9.17, 15) is 18.0 Å². The Morgan fingerprint density at radius 1 is 0.673 bits per heavy atom. The van der Waals surface area contributed by atoms with Gasteiger partial charge in [-0.3, -0.25) is 9.59 Å². The van der Waals surface area contributed by atoms with Gasteiger partial charge in [0.1, 0.15) is 5.54 Å². The van der Waals surface area contributed by atoms with Gasteiger partial charge in [0.15, 0.2) is 0 Å². The van der Waals surface area contributed by atoms with Gasteiger partial charge in [0, 0.05) is 25.7 Å². The lowest BCUT2D eigenvalue weighted by Crippen LogP contribution is -2.37. The molecule has 0 radical (unpaired) electrons. The first-order chi connectivity index (χ1) is 23.8. The van der Waals surface area contributed by atoms with E-state index in [0.29, 0.717) is 31.6 Å². The average Bonchev–Trinajstić information content (AvgIpc) is 3.57. The van der Waals surface area contributed by atoms with Crippen molar-refractivity contribution in [3.63, 3.8) is 0 Å². The minimum atomic E-state index is -3.71. The summed E-state index contributed by atoms with van der Waals surface area (Å²) in [4.78, 5) is 29.8. The van der Waals surface area contributed by atoms with Crippen molar-refractivity contribution in [2.75, 3.05) is 13.1 Å². The first-order valence-electron chi connectivity index (χ1n) is 16.6. The van der Waals surface area contributed by atoms with Gasteiger partial charge in [0.25, 0.3) is 0 Å². The normalized spacial score (nSPS) is 11.6. The summed E-state index contributed by atoms with van der Waals surface area (Å²) in [6, 6.07) is 37.4. The molecule has 4 aromatic carbocycles. The zero-order valence-electron chi connectivity index (χ0n) is 27.5. The van der Waals surface area contributed by atoms with Crippen LogP contribution >= 0.6 is 0 Å². The molecule has 5 rings (SSSR count). The van der Waals surface area contributed by atoms with Crippen molar-refractivity contribution < 1.29 is 18.0 Å². The lowest BCUT2D eigenvalue weighted by Gasteiger charge is -2.37. The summed E-state index contributed by atoms with van der Waals surface area (Å²) in [5.74, 6) is -0.0849. The summed E-state index contributed by atoms with van der Waals surface area (Å²) in [5, 5.41) is 11.1. The number of aromatic nitrogens is 2. The van der Waals surface area contributed by atoms with Gasteiger partial charge >= 0.3 is 0 Å². The zero-order chi connectivity index (χ0) is 34.5. The molecule has 0 spiro atoms. The van der Waals surface area contributed by atoms with Crippen LogP contribution in [0, 0.1) is 0 Å². The number of nitrogens with one attached hydrogen (secondary N) is 2. The number of carbonyl (C=O) groups excluding carboxylic acids is 2. The van der Waals surface area contributed by atoms with E-state index in [0.717, 1.165) is 47.9 Å². The quantitative estimate of drug-likeness (QED) is 0.0902. The Morgan fingerprint density at radius 3 is 1.76 bits per heavy atom. The Kier molecular flexibility index (Phi) is 12.1. The monoisotopic (exact) mass is 677 g/mol. The minimum Gasteiger partial charge on any atom is -0.356 e. The second-order valence-electron chi connectivity index (χ2n) is 12.1. The van der Waals surface area contributed by atoms with Crippen molar-refractivity contribution in [3.8, 4) is 0 Å². The number of amides is 2. The van der Waals surface area contributed by atoms with Crippen molar-refractivity contribution in [1.29, 1.82) is 0 Å². The molecular formula is C39H43N5O4S. The second-order valence-corrected chi connectivity index (χ2v) is 13.6. The molecule has 0 fully saturated rings. The van der Waals surface area contributed by atoms with E-state index >= 15 is 0 Å².